The molecule has 0 saturated carbocycles. The molecule has 0 aliphatic heterocycles. The molecule has 0 bridgehead atoms. The van der Waals surface area contributed by atoms with Crippen molar-refractivity contribution >= 4 is 22.9 Å². The number of nitrogens with two attached hydrogens (primary N) is 1. The molecule has 0 spiro atoms. The minimum atomic E-state index is -0.306. The van der Waals surface area contributed by atoms with Crippen LogP contribution in [0, 0.1) is 0 Å². The van der Waals surface area contributed by atoms with E-state index in [1.807, 2.05) is 0 Å². The van der Waals surface area contributed by atoms with Gasteiger partial charge in [-0.2, -0.15) is 0 Å². The average Bonchev–Trinajstić information content (AvgIpc) is 2.66. The second-order valence-electron chi connectivity index (χ2n) is 2.58. The molecule has 0 atom stereocenters. The summed E-state index contributed by atoms with van der Waals surface area (Å²) in [6, 6.07) is 0. The van der Waals surface area contributed by atoms with Gasteiger partial charge in [-0.05, 0) is 0 Å². The lowest BCUT2D eigenvalue weighted by Gasteiger charge is -2.01. The lowest BCUT2D eigenvalue weighted by molar-refractivity contribution is -0.114. The minimum Gasteiger partial charge on any atom is -0.340 e. The van der Waals surface area contributed by atoms with Crippen molar-refractivity contribution in [2.75, 3.05) is 11.9 Å². The zero-order valence-corrected chi connectivity index (χ0v) is 7.19. The van der Waals surface area contributed by atoms with E-state index in [0.717, 1.165) is 0 Å². The van der Waals surface area contributed by atoms with Gasteiger partial charge in [0.2, 0.25) is 5.91 Å². The van der Waals surface area contributed by atoms with Crippen molar-refractivity contribution in [1.82, 2.24) is 19.9 Å². The summed E-state index contributed by atoms with van der Waals surface area (Å²) in [5.41, 5.74) is 6.26. The second-order valence-corrected chi connectivity index (χ2v) is 2.58. The average molecular weight is 192 g/mol. The summed E-state index contributed by atoms with van der Waals surface area (Å²) < 4.78 is 0. The van der Waals surface area contributed by atoms with Crippen molar-refractivity contribution in [3.63, 3.8) is 0 Å². The van der Waals surface area contributed by atoms with E-state index >= 15 is 0 Å². The first kappa shape index (κ1) is 8.57. The Hall–Kier alpha value is -2.02. The Kier molecular flexibility index (Phi) is 2.07. The van der Waals surface area contributed by atoms with E-state index in [0.29, 0.717) is 17.0 Å². The van der Waals surface area contributed by atoms with Gasteiger partial charge in [0.1, 0.15) is 11.8 Å². The molecule has 2 rings (SSSR count). The first-order chi connectivity index (χ1) is 6.81. The molecular weight excluding hydrogens is 184 g/mol. The van der Waals surface area contributed by atoms with Crippen molar-refractivity contribution < 1.29 is 4.79 Å². The number of aromatic nitrogens is 4. The van der Waals surface area contributed by atoms with Crippen molar-refractivity contribution in [2.45, 2.75) is 0 Å². The van der Waals surface area contributed by atoms with Crippen LogP contribution >= 0.6 is 0 Å². The Balaban J connectivity index is 2.41. The maximum absolute atomic E-state index is 11.0. The number of nitrogens with one attached hydrogen (secondary N) is 2. The van der Waals surface area contributed by atoms with Crippen molar-refractivity contribution in [1.29, 1.82) is 0 Å². The minimum absolute atomic E-state index is 0.0837. The molecule has 2 aromatic heterocycles. The molecule has 14 heavy (non-hydrogen) atoms. The maximum atomic E-state index is 11.0. The van der Waals surface area contributed by atoms with Crippen molar-refractivity contribution in [3.8, 4) is 0 Å². The summed E-state index contributed by atoms with van der Waals surface area (Å²) in [7, 11) is 0. The molecule has 0 saturated heterocycles. The molecule has 7 nitrogen and oxygen atoms in total. The highest BCUT2D eigenvalue weighted by Gasteiger charge is 2.07. The number of H-pyrrole nitrogens is 1. The quantitative estimate of drug-likeness (QED) is 0.580. The second kappa shape index (κ2) is 3.38. The van der Waals surface area contributed by atoms with Gasteiger partial charge < -0.3 is 16.0 Å². The number of nitrogens with zero attached hydrogens (tertiary/aromatic N) is 3. The van der Waals surface area contributed by atoms with Gasteiger partial charge >= 0.3 is 0 Å². The molecular formula is C7H8N6O. The predicted octanol–water partition coefficient (Wildman–Crippen LogP) is -0.750. The molecule has 72 valence electrons. The van der Waals surface area contributed by atoms with Gasteiger partial charge in [-0.1, -0.05) is 0 Å². The zero-order valence-electron chi connectivity index (χ0n) is 7.19. The Morgan fingerprint density at radius 1 is 1.50 bits per heavy atom. The van der Waals surface area contributed by atoms with Crippen LogP contribution in [0.1, 0.15) is 0 Å². The third-order valence-corrected chi connectivity index (χ3v) is 1.67. The van der Waals surface area contributed by atoms with E-state index in [2.05, 4.69) is 25.3 Å². The van der Waals surface area contributed by atoms with Gasteiger partial charge in [0.25, 0.3) is 0 Å². The van der Waals surface area contributed by atoms with Crippen LogP contribution in [0.15, 0.2) is 12.7 Å². The van der Waals surface area contributed by atoms with E-state index in [4.69, 9.17) is 5.73 Å². The number of carbonyl (C=O) groups excluding carboxylic acids is 1. The molecule has 0 radical (unpaired) electrons. The fraction of sp³-hybridized carbons (Fsp3) is 0.143. The Morgan fingerprint density at radius 2 is 2.36 bits per heavy atom. The van der Waals surface area contributed by atoms with Gasteiger partial charge in [-0.15, -0.1) is 0 Å². The summed E-state index contributed by atoms with van der Waals surface area (Å²) in [6.07, 6.45) is 2.81. The van der Waals surface area contributed by atoms with E-state index in [1.165, 1.54) is 12.7 Å². The van der Waals surface area contributed by atoms with Gasteiger partial charge in [-0.3, -0.25) is 4.79 Å². The molecule has 0 aliphatic carbocycles. The zero-order chi connectivity index (χ0) is 9.97. The fourth-order valence-corrected chi connectivity index (χ4v) is 1.04. The highest BCUT2D eigenvalue weighted by atomic mass is 16.1. The van der Waals surface area contributed by atoms with E-state index < -0.39 is 0 Å². The summed E-state index contributed by atoms with van der Waals surface area (Å²) in [6.45, 7) is -0.0837. The van der Waals surface area contributed by atoms with Gasteiger partial charge in [0, 0.05) is 0 Å². The number of anilines is 1. The normalized spacial score (nSPS) is 10.4. The van der Waals surface area contributed by atoms with E-state index in [-0.39, 0.29) is 12.5 Å². The monoisotopic (exact) mass is 192 g/mol. The topological polar surface area (TPSA) is 110 Å². The number of amides is 1. The predicted molar refractivity (Wildman–Crippen MR) is 49.4 cm³/mol. The van der Waals surface area contributed by atoms with E-state index in [9.17, 15) is 4.79 Å². The Bertz CT molecular complexity index is 464. The van der Waals surface area contributed by atoms with Crippen molar-refractivity contribution in [3.05, 3.63) is 12.7 Å². The highest BCUT2D eigenvalue weighted by Crippen LogP contribution is 2.13. The van der Waals surface area contributed by atoms with Crippen LogP contribution in [0.3, 0.4) is 0 Å². The first-order valence-corrected chi connectivity index (χ1v) is 3.95. The number of fused-ring (bicyclic) bond motifs is 1. The lowest BCUT2D eigenvalue weighted by atomic mass is 10.4. The molecule has 1 amide bonds. The Morgan fingerprint density at radius 3 is 3.14 bits per heavy atom. The molecule has 2 aromatic rings. The Labute approximate surface area is 78.8 Å². The van der Waals surface area contributed by atoms with E-state index in [1.54, 1.807) is 0 Å². The third kappa shape index (κ3) is 1.40. The molecule has 0 aliphatic rings. The van der Waals surface area contributed by atoms with Crippen LogP contribution < -0.4 is 11.1 Å². The van der Waals surface area contributed by atoms with Crippen LogP contribution in [0.4, 0.5) is 5.82 Å². The number of aromatic amines is 1. The standard InChI is InChI=1S/C7H8N6O/c8-1-4(14)13-7-5-6(10-2-9-5)11-3-12-7/h2-3H,1,8H2,(H2,9,10,11,12,13,14). The number of imidazole rings is 1. The lowest BCUT2D eigenvalue weighted by Crippen LogP contribution is -2.22. The first-order valence-electron chi connectivity index (χ1n) is 3.95. The van der Waals surface area contributed by atoms with Crippen LogP contribution in [0.2, 0.25) is 0 Å². The van der Waals surface area contributed by atoms with Crippen LogP contribution in [-0.4, -0.2) is 32.4 Å². The molecule has 4 N–H and O–H groups in total. The van der Waals surface area contributed by atoms with Crippen LogP contribution in [0.5, 0.6) is 0 Å². The third-order valence-electron chi connectivity index (χ3n) is 1.67. The summed E-state index contributed by atoms with van der Waals surface area (Å²) >= 11 is 0. The summed E-state index contributed by atoms with van der Waals surface area (Å²) in [4.78, 5) is 25.6. The highest BCUT2D eigenvalue weighted by molar-refractivity contribution is 5.97. The van der Waals surface area contributed by atoms with Gasteiger partial charge in [0.05, 0.1) is 12.9 Å². The SMILES string of the molecule is NCC(=O)Nc1ncnc2nc[nH]c12. The summed E-state index contributed by atoms with van der Waals surface area (Å²) in [5.74, 6) is 0.0857. The number of carbonyl (C=O) groups is 1. The number of hydrogen-bond acceptors (Lipinski definition) is 5. The van der Waals surface area contributed by atoms with Gasteiger partial charge in [0.15, 0.2) is 11.5 Å². The molecule has 7 heteroatoms. The molecule has 0 unspecified atom stereocenters. The molecule has 0 aromatic carbocycles. The maximum Gasteiger partial charge on any atom is 0.239 e. The number of rotatable bonds is 2. The van der Waals surface area contributed by atoms with Gasteiger partial charge in [-0.25, -0.2) is 15.0 Å². The molecule has 0 fully saturated rings. The number of hydrogen-bond donors (Lipinski definition) is 3. The molecule has 2 heterocycles. The smallest absolute Gasteiger partial charge is 0.239 e. The fourth-order valence-electron chi connectivity index (χ4n) is 1.04. The van der Waals surface area contributed by atoms with Crippen LogP contribution in [0.25, 0.3) is 11.2 Å². The summed E-state index contributed by atoms with van der Waals surface area (Å²) in [5, 5.41) is 2.53. The van der Waals surface area contributed by atoms with Crippen molar-refractivity contribution in [2.24, 2.45) is 5.73 Å². The largest absolute Gasteiger partial charge is 0.340 e. The van der Waals surface area contributed by atoms with Crippen LogP contribution in [-0.2, 0) is 4.79 Å².